The van der Waals surface area contributed by atoms with E-state index in [2.05, 4.69) is 187 Å². The molecule has 323 valence electrons. The summed E-state index contributed by atoms with van der Waals surface area (Å²) in [6.45, 7) is 17.9. The molecule has 1 atom stereocenters. The number of hydrogen-bond acceptors (Lipinski definition) is 4. The second-order valence-electron chi connectivity index (χ2n) is 19.3. The first-order valence-electron chi connectivity index (χ1n) is 21.9. The second-order valence-corrected chi connectivity index (χ2v) is 29.9. The van der Waals surface area contributed by atoms with Crippen molar-refractivity contribution >= 4 is 50.8 Å². The van der Waals surface area contributed by atoms with Gasteiger partial charge in [-0.2, -0.15) is 0 Å². The third kappa shape index (κ3) is 9.55. The van der Waals surface area contributed by atoms with Crippen LogP contribution in [0.1, 0.15) is 69.8 Å². The Morgan fingerprint density at radius 3 is 2.10 bits per heavy atom. The Labute approximate surface area is 390 Å². The van der Waals surface area contributed by atoms with E-state index in [9.17, 15) is 0 Å². The molecule has 5 nitrogen and oxygen atoms in total. The summed E-state index contributed by atoms with van der Waals surface area (Å²) < 4.78 is 10.4. The Hall–Kier alpha value is -5.14. The molecule has 0 N–H and O–H groups in total. The average Bonchev–Trinajstić information content (AvgIpc) is 3.81. The maximum Gasteiger partial charge on any atom is 0.216 e. The first-order valence-corrected chi connectivity index (χ1v) is 29.3. The summed E-state index contributed by atoms with van der Waals surface area (Å²) >= 11 is -1.86. The van der Waals surface area contributed by atoms with Gasteiger partial charge in [-0.05, 0) is 77.9 Å². The molecule has 0 aliphatic carbocycles. The summed E-state index contributed by atoms with van der Waals surface area (Å²) in [5, 5.41) is 2.03. The molecule has 5 aromatic carbocycles. The fourth-order valence-electron chi connectivity index (χ4n) is 8.49. The number of nitrogens with zero attached hydrogens (tertiary/aromatic N) is 4. The first-order chi connectivity index (χ1) is 29.6. The number of fused-ring (bicyclic) bond motifs is 4. The normalized spacial score (nSPS) is 12.4. The van der Waals surface area contributed by atoms with Crippen LogP contribution in [-0.4, -0.2) is 32.8 Å². The van der Waals surface area contributed by atoms with Crippen molar-refractivity contribution in [3.05, 3.63) is 162 Å². The predicted octanol–water partition coefficient (Wildman–Crippen LogP) is 14.5. The number of imidazole rings is 1. The van der Waals surface area contributed by atoms with E-state index in [0.29, 0.717) is 11.6 Å². The van der Waals surface area contributed by atoms with Crippen LogP contribution in [0.2, 0.25) is 17.3 Å². The number of benzene rings is 5. The van der Waals surface area contributed by atoms with Crippen molar-refractivity contribution < 1.29 is 24.5 Å². The molecule has 4 aromatic heterocycles. The Bertz CT molecular complexity index is 3000. The average molecular weight is 1070 g/mol. The molecule has 0 aliphatic heterocycles. The summed E-state index contributed by atoms with van der Waals surface area (Å²) in [7, 11) is 0. The number of rotatable bonds is 8. The van der Waals surface area contributed by atoms with Crippen LogP contribution in [0.15, 0.2) is 132 Å². The molecule has 4 heterocycles. The quantitative estimate of drug-likeness (QED) is 0.112. The smallest absolute Gasteiger partial charge is 0.216 e. The van der Waals surface area contributed by atoms with E-state index in [4.69, 9.17) is 19.4 Å². The van der Waals surface area contributed by atoms with E-state index in [1.165, 1.54) is 27.8 Å². The third-order valence-corrected chi connectivity index (χ3v) is 16.4. The largest absolute Gasteiger partial charge is 0.486 e. The van der Waals surface area contributed by atoms with E-state index < -0.39 is 13.3 Å². The fourth-order valence-corrected chi connectivity index (χ4v) is 11.8. The minimum atomic E-state index is -1.86. The van der Waals surface area contributed by atoms with Gasteiger partial charge in [0, 0.05) is 42.8 Å². The molecule has 0 spiro atoms. The molecular weight excluding hydrogens is 1010 g/mol. The van der Waals surface area contributed by atoms with Gasteiger partial charge in [-0.15, -0.1) is 18.2 Å². The molecule has 0 saturated carbocycles. The third-order valence-electron chi connectivity index (χ3n) is 12.1. The second kappa shape index (κ2) is 18.5. The number of pyridine rings is 2. The van der Waals surface area contributed by atoms with Crippen molar-refractivity contribution in [1.29, 1.82) is 0 Å². The van der Waals surface area contributed by atoms with Crippen LogP contribution >= 0.6 is 0 Å². The summed E-state index contributed by atoms with van der Waals surface area (Å²) in [6, 6.07) is 48.8. The summed E-state index contributed by atoms with van der Waals surface area (Å²) in [6.07, 6.45) is 3.27. The van der Waals surface area contributed by atoms with Crippen molar-refractivity contribution in [3.63, 3.8) is 0 Å². The van der Waals surface area contributed by atoms with Crippen molar-refractivity contribution in [2.45, 2.75) is 85.0 Å². The fraction of sp³-hybridized carbons (Fsp3) is 0.268. The van der Waals surface area contributed by atoms with Crippen molar-refractivity contribution in [3.8, 4) is 39.5 Å². The minimum Gasteiger partial charge on any atom is -0.486 e. The minimum absolute atomic E-state index is 0. The van der Waals surface area contributed by atoms with Gasteiger partial charge >= 0.3 is 126 Å². The van der Waals surface area contributed by atoms with E-state index in [1.807, 2.05) is 30.3 Å². The van der Waals surface area contributed by atoms with E-state index in [1.54, 1.807) is 4.40 Å². The molecule has 0 bridgehead atoms. The predicted molar refractivity (Wildman–Crippen MR) is 263 cm³/mol. The molecule has 0 saturated heterocycles. The van der Waals surface area contributed by atoms with Crippen LogP contribution in [0.3, 0.4) is 0 Å². The maximum atomic E-state index is 6.57. The summed E-state index contributed by atoms with van der Waals surface area (Å²) in [4.78, 5) is 14.9. The van der Waals surface area contributed by atoms with Gasteiger partial charge in [-0.3, -0.25) is 4.98 Å². The van der Waals surface area contributed by atoms with Crippen molar-refractivity contribution in [2.75, 3.05) is 0 Å². The SMILES string of the molecule is CC(C)Cc1cc(-c2[c-]cccc2)nc[c]1[Ge]([CH3])([CH3])[CH3].Cc1cc(-c2ccccc2)cc(C)c1-n1c(-c2[c-]ccc3c2oc2nc(C(C)C(C)(C)C)ccc23)nc2ccccc21.[Ir]. The molecule has 63 heavy (non-hydrogen) atoms. The molecule has 1 radical (unpaired) electrons. The molecular formula is C56H58GeIrN4O-2. The van der Waals surface area contributed by atoms with Crippen molar-refractivity contribution in [2.24, 2.45) is 11.3 Å². The van der Waals surface area contributed by atoms with Crippen LogP contribution in [-0.2, 0) is 26.5 Å². The maximum absolute atomic E-state index is 6.57. The first kappa shape index (κ1) is 45.9. The van der Waals surface area contributed by atoms with Gasteiger partial charge in [0.05, 0.1) is 22.4 Å². The zero-order chi connectivity index (χ0) is 43.9. The molecule has 0 aliphatic rings. The topological polar surface area (TPSA) is 56.7 Å². The molecule has 1 unspecified atom stereocenters. The molecule has 0 amide bonds. The van der Waals surface area contributed by atoms with Gasteiger partial charge in [0.25, 0.3) is 0 Å². The zero-order valence-corrected chi connectivity index (χ0v) is 43.0. The molecule has 9 rings (SSSR count). The van der Waals surface area contributed by atoms with Gasteiger partial charge in [0.1, 0.15) is 0 Å². The summed E-state index contributed by atoms with van der Waals surface area (Å²) in [5.74, 6) is 9.09. The number of hydrogen-bond donors (Lipinski definition) is 0. The van der Waals surface area contributed by atoms with Crippen LogP contribution in [0.25, 0.3) is 72.6 Å². The Morgan fingerprint density at radius 1 is 0.730 bits per heavy atom. The van der Waals surface area contributed by atoms with Crippen LogP contribution in [0.5, 0.6) is 0 Å². The van der Waals surface area contributed by atoms with E-state index >= 15 is 0 Å². The van der Waals surface area contributed by atoms with Gasteiger partial charge in [-0.1, -0.05) is 81.1 Å². The van der Waals surface area contributed by atoms with Crippen LogP contribution in [0, 0.1) is 37.3 Å². The molecule has 9 aromatic rings. The number of furan rings is 1. The van der Waals surface area contributed by atoms with Crippen LogP contribution < -0.4 is 4.40 Å². The summed E-state index contributed by atoms with van der Waals surface area (Å²) in [5.41, 5.74) is 14.9. The Kier molecular flexibility index (Phi) is 13.5. The number of para-hydroxylation sites is 2. The molecule has 7 heteroatoms. The van der Waals surface area contributed by atoms with E-state index in [0.717, 1.165) is 67.8 Å². The van der Waals surface area contributed by atoms with Gasteiger partial charge in [0.15, 0.2) is 0 Å². The zero-order valence-electron chi connectivity index (χ0n) is 38.5. The Morgan fingerprint density at radius 2 is 1.43 bits per heavy atom. The monoisotopic (exact) mass is 1070 g/mol. The van der Waals surface area contributed by atoms with E-state index in [-0.39, 0.29) is 31.4 Å². The van der Waals surface area contributed by atoms with Gasteiger partial charge < -0.3 is 8.98 Å². The standard InChI is InChI=1S/C38H34N3O.C18H24GeN.Ir/c1-23-21-27(26-13-8-7-9-14-26)22-24(2)34(23)41-33-18-11-10-17-32(33)39-36(41)30-16-12-15-28-29-19-20-31(25(3)38(4,5)6)40-37(29)42-35(28)30;1-14(2)11-16-12-18(15-9-7-6-8-10-15)20-13-17(16)19(3,4)5;/h7-15,17-22,25H,1-6H3;6-9,12-14H,11H2,1-5H3;/q2*-1;. The van der Waals surface area contributed by atoms with Gasteiger partial charge in [0.2, 0.25) is 5.71 Å². The Balaban J connectivity index is 0.000000239. The van der Waals surface area contributed by atoms with Crippen LogP contribution in [0.4, 0.5) is 0 Å². The number of aryl methyl sites for hydroxylation is 2. The van der Waals surface area contributed by atoms with Gasteiger partial charge in [-0.25, -0.2) is 4.98 Å². The molecule has 0 fully saturated rings. The van der Waals surface area contributed by atoms with Crippen molar-refractivity contribution in [1.82, 2.24) is 19.5 Å². The number of aromatic nitrogens is 4.